The number of furan rings is 1. The van der Waals surface area contributed by atoms with Gasteiger partial charge in [0.15, 0.2) is 0 Å². The Morgan fingerprint density at radius 1 is 1.22 bits per heavy atom. The predicted octanol–water partition coefficient (Wildman–Crippen LogP) is 3.38. The number of hydrogen-bond donors (Lipinski definition) is 1. The molecule has 0 aromatic carbocycles. The molecular weight excluding hydrogens is 224 g/mol. The van der Waals surface area contributed by atoms with Crippen molar-refractivity contribution in [2.75, 3.05) is 6.54 Å². The monoisotopic (exact) mass is 244 g/mol. The van der Waals surface area contributed by atoms with Crippen LogP contribution in [0.4, 0.5) is 0 Å². The van der Waals surface area contributed by atoms with Gasteiger partial charge in [0, 0.05) is 17.0 Å². The van der Waals surface area contributed by atoms with Gasteiger partial charge in [-0.25, -0.2) is 0 Å². The molecule has 18 heavy (non-hydrogen) atoms. The standard InChI is InChI=1S/C15H20N2O/c1-4-6-16-15(13-5-7-18-10-13)14-8-11(2)17-12(3)9-14/h5,7-10,15-16H,4,6H2,1-3H3. The largest absolute Gasteiger partial charge is 0.472 e. The molecule has 0 saturated heterocycles. The lowest BCUT2D eigenvalue weighted by molar-refractivity contribution is 0.548. The van der Waals surface area contributed by atoms with Gasteiger partial charge < -0.3 is 9.73 Å². The van der Waals surface area contributed by atoms with Crippen LogP contribution in [0.5, 0.6) is 0 Å². The summed E-state index contributed by atoms with van der Waals surface area (Å²) < 4.78 is 5.20. The van der Waals surface area contributed by atoms with Crippen molar-refractivity contribution in [2.45, 2.75) is 33.2 Å². The highest BCUT2D eigenvalue weighted by molar-refractivity contribution is 5.31. The molecular formula is C15H20N2O. The zero-order valence-electron chi connectivity index (χ0n) is 11.2. The van der Waals surface area contributed by atoms with Gasteiger partial charge in [-0.3, -0.25) is 4.98 Å². The molecule has 3 heteroatoms. The summed E-state index contributed by atoms with van der Waals surface area (Å²) in [6.45, 7) is 7.21. The maximum atomic E-state index is 5.20. The molecule has 2 aromatic heterocycles. The maximum Gasteiger partial charge on any atom is 0.0953 e. The molecule has 2 rings (SSSR count). The van der Waals surface area contributed by atoms with Gasteiger partial charge >= 0.3 is 0 Å². The molecule has 0 aliphatic rings. The smallest absolute Gasteiger partial charge is 0.0953 e. The van der Waals surface area contributed by atoms with Gasteiger partial charge in [-0.2, -0.15) is 0 Å². The Kier molecular flexibility index (Phi) is 4.15. The highest BCUT2D eigenvalue weighted by Gasteiger charge is 2.15. The fourth-order valence-electron chi connectivity index (χ4n) is 2.19. The Morgan fingerprint density at radius 3 is 2.50 bits per heavy atom. The number of rotatable bonds is 5. The molecule has 1 unspecified atom stereocenters. The number of nitrogens with one attached hydrogen (secondary N) is 1. The number of hydrogen-bond acceptors (Lipinski definition) is 3. The zero-order chi connectivity index (χ0) is 13.0. The minimum atomic E-state index is 0.184. The number of aryl methyl sites for hydroxylation is 2. The van der Waals surface area contributed by atoms with Crippen LogP contribution < -0.4 is 5.32 Å². The molecule has 0 aliphatic carbocycles. The van der Waals surface area contributed by atoms with Crippen LogP contribution in [0.3, 0.4) is 0 Å². The third-order valence-corrected chi connectivity index (χ3v) is 2.91. The van der Waals surface area contributed by atoms with Crippen molar-refractivity contribution in [1.82, 2.24) is 10.3 Å². The van der Waals surface area contributed by atoms with Gasteiger partial charge in [0.25, 0.3) is 0 Å². The van der Waals surface area contributed by atoms with Gasteiger partial charge in [-0.15, -0.1) is 0 Å². The SMILES string of the molecule is CCCNC(c1ccoc1)c1cc(C)nc(C)c1. The van der Waals surface area contributed by atoms with E-state index in [9.17, 15) is 0 Å². The summed E-state index contributed by atoms with van der Waals surface area (Å²) in [5, 5.41) is 3.55. The van der Waals surface area contributed by atoms with Crippen LogP contribution >= 0.6 is 0 Å². The van der Waals surface area contributed by atoms with E-state index in [0.29, 0.717) is 0 Å². The van der Waals surface area contributed by atoms with Crippen LogP contribution in [0.15, 0.2) is 35.1 Å². The van der Waals surface area contributed by atoms with E-state index in [1.54, 1.807) is 12.5 Å². The first kappa shape index (κ1) is 12.8. The fourth-order valence-corrected chi connectivity index (χ4v) is 2.19. The molecule has 3 nitrogen and oxygen atoms in total. The summed E-state index contributed by atoms with van der Waals surface area (Å²) in [5.74, 6) is 0. The van der Waals surface area contributed by atoms with Crippen LogP contribution in [0.1, 0.15) is 41.9 Å². The molecule has 1 atom stereocenters. The highest BCUT2D eigenvalue weighted by Crippen LogP contribution is 2.23. The predicted molar refractivity (Wildman–Crippen MR) is 72.6 cm³/mol. The number of pyridine rings is 1. The summed E-state index contributed by atoms with van der Waals surface area (Å²) in [4.78, 5) is 4.43. The molecule has 96 valence electrons. The van der Waals surface area contributed by atoms with Crippen molar-refractivity contribution in [1.29, 1.82) is 0 Å². The van der Waals surface area contributed by atoms with Crippen LogP contribution in [-0.2, 0) is 0 Å². The van der Waals surface area contributed by atoms with Crippen LogP contribution in [0.25, 0.3) is 0 Å². The molecule has 0 saturated carbocycles. The van der Waals surface area contributed by atoms with Crippen molar-refractivity contribution in [3.05, 3.63) is 53.2 Å². The average Bonchev–Trinajstić information content (AvgIpc) is 2.82. The molecule has 0 fully saturated rings. The second-order valence-electron chi connectivity index (χ2n) is 4.63. The summed E-state index contributed by atoms with van der Waals surface area (Å²) in [5.41, 5.74) is 4.51. The normalized spacial score (nSPS) is 12.6. The van der Waals surface area contributed by atoms with E-state index in [1.807, 2.05) is 19.9 Å². The summed E-state index contributed by atoms with van der Waals surface area (Å²) in [6, 6.07) is 6.46. The second kappa shape index (κ2) is 5.83. The Labute approximate surface area is 108 Å². The Morgan fingerprint density at radius 2 is 1.94 bits per heavy atom. The van der Waals surface area contributed by atoms with E-state index in [0.717, 1.165) is 29.9 Å². The molecule has 0 bridgehead atoms. The van der Waals surface area contributed by atoms with Gasteiger partial charge in [0.2, 0.25) is 0 Å². The third-order valence-electron chi connectivity index (χ3n) is 2.91. The van der Waals surface area contributed by atoms with Crippen molar-refractivity contribution >= 4 is 0 Å². The molecule has 1 N–H and O–H groups in total. The van der Waals surface area contributed by atoms with E-state index in [2.05, 4.69) is 29.4 Å². The van der Waals surface area contributed by atoms with Crippen molar-refractivity contribution in [3.8, 4) is 0 Å². The molecule has 2 aromatic rings. The first-order valence-corrected chi connectivity index (χ1v) is 6.41. The lowest BCUT2D eigenvalue weighted by atomic mass is 10.0. The van der Waals surface area contributed by atoms with Crippen molar-refractivity contribution in [3.63, 3.8) is 0 Å². The topological polar surface area (TPSA) is 38.1 Å². The molecule has 0 radical (unpaired) electrons. The van der Waals surface area contributed by atoms with E-state index in [4.69, 9.17) is 4.42 Å². The van der Waals surface area contributed by atoms with Gasteiger partial charge in [0.1, 0.15) is 0 Å². The maximum absolute atomic E-state index is 5.20. The first-order chi connectivity index (χ1) is 8.70. The lowest BCUT2D eigenvalue weighted by Gasteiger charge is -2.18. The van der Waals surface area contributed by atoms with Crippen LogP contribution in [0, 0.1) is 13.8 Å². The molecule has 0 spiro atoms. The Balaban J connectivity index is 2.33. The number of nitrogens with zero attached hydrogens (tertiary/aromatic N) is 1. The van der Waals surface area contributed by atoms with E-state index >= 15 is 0 Å². The second-order valence-corrected chi connectivity index (χ2v) is 4.63. The van der Waals surface area contributed by atoms with Crippen molar-refractivity contribution < 1.29 is 4.42 Å². The van der Waals surface area contributed by atoms with Crippen LogP contribution in [0.2, 0.25) is 0 Å². The molecule has 2 heterocycles. The van der Waals surface area contributed by atoms with E-state index in [1.165, 1.54) is 5.56 Å². The average molecular weight is 244 g/mol. The highest BCUT2D eigenvalue weighted by atomic mass is 16.3. The summed E-state index contributed by atoms with van der Waals surface area (Å²) in [7, 11) is 0. The van der Waals surface area contributed by atoms with Crippen molar-refractivity contribution in [2.24, 2.45) is 0 Å². The van der Waals surface area contributed by atoms with E-state index < -0.39 is 0 Å². The Bertz CT molecular complexity index is 471. The lowest BCUT2D eigenvalue weighted by Crippen LogP contribution is -2.23. The zero-order valence-corrected chi connectivity index (χ0v) is 11.2. The molecule has 0 amide bonds. The summed E-state index contributed by atoms with van der Waals surface area (Å²) >= 11 is 0. The van der Waals surface area contributed by atoms with Gasteiger partial charge in [-0.1, -0.05) is 6.92 Å². The van der Waals surface area contributed by atoms with Gasteiger partial charge in [0.05, 0.1) is 18.6 Å². The third kappa shape index (κ3) is 2.99. The van der Waals surface area contributed by atoms with Gasteiger partial charge in [-0.05, 0) is 50.6 Å². The quantitative estimate of drug-likeness (QED) is 0.876. The fraction of sp³-hybridized carbons (Fsp3) is 0.400. The van der Waals surface area contributed by atoms with Crippen LogP contribution in [-0.4, -0.2) is 11.5 Å². The number of aromatic nitrogens is 1. The summed E-state index contributed by atoms with van der Waals surface area (Å²) in [6.07, 6.45) is 4.63. The first-order valence-electron chi connectivity index (χ1n) is 6.41. The Hall–Kier alpha value is -1.61. The minimum Gasteiger partial charge on any atom is -0.472 e. The van der Waals surface area contributed by atoms with E-state index in [-0.39, 0.29) is 6.04 Å². The minimum absolute atomic E-state index is 0.184. The molecule has 0 aliphatic heterocycles.